The van der Waals surface area contributed by atoms with E-state index in [1.165, 1.54) is 10.7 Å². The van der Waals surface area contributed by atoms with Crippen LogP contribution < -0.4 is 10.6 Å². The van der Waals surface area contributed by atoms with Gasteiger partial charge in [0.25, 0.3) is 5.56 Å². The Hall–Kier alpha value is -1.98. The van der Waals surface area contributed by atoms with E-state index in [-0.39, 0.29) is 10.9 Å². The Morgan fingerprint density at radius 3 is 2.46 bits per heavy atom. The Morgan fingerprint density at radius 2 is 1.83 bits per heavy atom. The minimum absolute atomic E-state index is 0.0672. The maximum atomic E-state index is 13.3. The molecule has 130 valence electrons. The lowest BCUT2D eigenvalue weighted by atomic mass is 9.91. The topological polar surface area (TPSA) is 25.2 Å². The molecule has 2 heterocycles. The van der Waals surface area contributed by atoms with E-state index in [2.05, 4.69) is 13.8 Å². The number of fused-ring (bicyclic) bond motifs is 1. The van der Waals surface area contributed by atoms with Crippen molar-refractivity contribution in [2.24, 2.45) is 0 Å². The van der Waals surface area contributed by atoms with E-state index in [0.717, 1.165) is 31.7 Å². The van der Waals surface area contributed by atoms with Crippen LogP contribution >= 0.6 is 0 Å². The lowest BCUT2D eigenvalue weighted by Crippen LogP contribution is -2.53. The molecule has 0 saturated carbocycles. The normalized spacial score (nSPS) is 17.6. The number of nitrogens with zero attached hydrogens (tertiary/aromatic N) is 2. The Kier molecular flexibility index (Phi) is 4.10. The highest BCUT2D eigenvalue weighted by atomic mass is 19.4. The number of hydrogen-bond acceptors (Lipinski definition) is 2. The highest BCUT2D eigenvalue weighted by Crippen LogP contribution is 2.37. The van der Waals surface area contributed by atoms with E-state index >= 15 is 0 Å². The van der Waals surface area contributed by atoms with Crippen molar-refractivity contribution >= 4 is 10.9 Å². The molecule has 0 unspecified atom stereocenters. The second-order valence-corrected chi connectivity index (χ2v) is 6.38. The summed E-state index contributed by atoms with van der Waals surface area (Å²) in [4.78, 5) is 12.6. The molecule has 1 aromatic heterocycles. The third-order valence-corrected chi connectivity index (χ3v) is 5.32. The molecule has 6 heteroatoms. The standard InChI is InChI=1S/C18H21F3N2O/c1-3-17(4-2)10-7-11-22(17)23-15-9-6-5-8-13(15)14(12-16(23)24)18(19,20)21/h5-6,8-9,12H,3-4,7,10-11H2,1-2H3. The van der Waals surface area contributed by atoms with Gasteiger partial charge in [0.2, 0.25) is 0 Å². The molecule has 0 amide bonds. The summed E-state index contributed by atoms with van der Waals surface area (Å²) in [6.07, 6.45) is -0.961. The Morgan fingerprint density at radius 1 is 1.17 bits per heavy atom. The molecule has 24 heavy (non-hydrogen) atoms. The van der Waals surface area contributed by atoms with Crippen LogP contribution in [0.3, 0.4) is 0 Å². The molecule has 0 spiro atoms. The highest BCUT2D eigenvalue weighted by Gasteiger charge is 2.40. The van der Waals surface area contributed by atoms with Gasteiger partial charge in [-0.2, -0.15) is 13.2 Å². The van der Waals surface area contributed by atoms with Gasteiger partial charge in [-0.25, -0.2) is 4.68 Å². The molecule has 1 saturated heterocycles. The first kappa shape index (κ1) is 16.9. The fourth-order valence-corrected chi connectivity index (χ4v) is 3.96. The van der Waals surface area contributed by atoms with Crippen molar-refractivity contribution in [3.63, 3.8) is 0 Å². The average Bonchev–Trinajstić information content (AvgIpc) is 2.97. The van der Waals surface area contributed by atoms with Gasteiger partial charge >= 0.3 is 6.18 Å². The summed E-state index contributed by atoms with van der Waals surface area (Å²) in [6, 6.07) is 7.01. The number of benzene rings is 1. The van der Waals surface area contributed by atoms with Crippen molar-refractivity contribution in [2.45, 2.75) is 51.2 Å². The maximum Gasteiger partial charge on any atom is 0.417 e. The van der Waals surface area contributed by atoms with Crippen LogP contribution in [0.1, 0.15) is 45.1 Å². The summed E-state index contributed by atoms with van der Waals surface area (Å²) in [7, 11) is 0. The van der Waals surface area contributed by atoms with Crippen LogP contribution in [-0.2, 0) is 6.18 Å². The monoisotopic (exact) mass is 338 g/mol. The maximum absolute atomic E-state index is 13.3. The third-order valence-electron chi connectivity index (χ3n) is 5.32. The summed E-state index contributed by atoms with van der Waals surface area (Å²) in [5, 5.41) is 2.05. The largest absolute Gasteiger partial charge is 0.417 e. The number of hydrogen-bond donors (Lipinski definition) is 0. The van der Waals surface area contributed by atoms with Gasteiger partial charge in [-0.05, 0) is 31.7 Å². The summed E-state index contributed by atoms with van der Waals surface area (Å²) >= 11 is 0. The van der Waals surface area contributed by atoms with E-state index in [1.807, 2.05) is 5.01 Å². The van der Waals surface area contributed by atoms with Crippen molar-refractivity contribution in [2.75, 3.05) is 11.6 Å². The van der Waals surface area contributed by atoms with Crippen LogP contribution in [0.15, 0.2) is 35.1 Å². The fourth-order valence-electron chi connectivity index (χ4n) is 3.96. The first-order valence-electron chi connectivity index (χ1n) is 8.34. The van der Waals surface area contributed by atoms with E-state index in [4.69, 9.17) is 0 Å². The lowest BCUT2D eigenvalue weighted by Gasteiger charge is -2.40. The van der Waals surface area contributed by atoms with Crippen molar-refractivity contribution in [1.82, 2.24) is 4.68 Å². The predicted molar refractivity (Wildman–Crippen MR) is 88.8 cm³/mol. The molecule has 0 N–H and O–H groups in total. The molecule has 1 aliphatic heterocycles. The van der Waals surface area contributed by atoms with Crippen LogP contribution in [0.2, 0.25) is 0 Å². The zero-order valence-corrected chi connectivity index (χ0v) is 13.9. The van der Waals surface area contributed by atoms with Gasteiger partial charge < -0.3 is 5.01 Å². The number of alkyl halides is 3. The van der Waals surface area contributed by atoms with Gasteiger partial charge in [0, 0.05) is 18.0 Å². The van der Waals surface area contributed by atoms with Gasteiger partial charge in [0.15, 0.2) is 0 Å². The van der Waals surface area contributed by atoms with Crippen molar-refractivity contribution in [3.8, 4) is 0 Å². The van der Waals surface area contributed by atoms with Crippen LogP contribution in [0.25, 0.3) is 10.9 Å². The molecule has 3 rings (SSSR count). The molecule has 1 fully saturated rings. The van der Waals surface area contributed by atoms with E-state index < -0.39 is 17.3 Å². The molecule has 0 bridgehead atoms. The van der Waals surface area contributed by atoms with Crippen LogP contribution in [0, 0.1) is 0 Å². The van der Waals surface area contributed by atoms with Gasteiger partial charge in [-0.15, -0.1) is 0 Å². The fraction of sp³-hybridized carbons (Fsp3) is 0.500. The molecule has 0 radical (unpaired) electrons. The lowest BCUT2D eigenvalue weighted by molar-refractivity contribution is -0.136. The second-order valence-electron chi connectivity index (χ2n) is 6.38. The number of aromatic nitrogens is 1. The Balaban J connectivity index is 2.31. The molecular weight excluding hydrogens is 317 g/mol. The van der Waals surface area contributed by atoms with Gasteiger partial charge in [0.05, 0.1) is 16.6 Å². The van der Waals surface area contributed by atoms with E-state index in [1.54, 1.807) is 18.2 Å². The minimum atomic E-state index is -4.55. The molecule has 1 aromatic carbocycles. The first-order valence-corrected chi connectivity index (χ1v) is 8.34. The quantitative estimate of drug-likeness (QED) is 0.833. The second kappa shape index (κ2) is 5.83. The molecule has 0 aliphatic carbocycles. The summed E-state index contributed by atoms with van der Waals surface area (Å²) in [5.41, 5.74) is -1.33. The summed E-state index contributed by atoms with van der Waals surface area (Å²) < 4.78 is 41.5. The molecule has 3 nitrogen and oxygen atoms in total. The first-order chi connectivity index (χ1) is 11.3. The zero-order chi connectivity index (χ0) is 17.5. The average molecular weight is 338 g/mol. The van der Waals surface area contributed by atoms with Crippen molar-refractivity contribution in [1.29, 1.82) is 0 Å². The van der Waals surface area contributed by atoms with E-state index in [9.17, 15) is 18.0 Å². The summed E-state index contributed by atoms with van der Waals surface area (Å²) in [5.74, 6) is 0. The third kappa shape index (κ3) is 2.48. The van der Waals surface area contributed by atoms with Crippen LogP contribution in [0.5, 0.6) is 0 Å². The number of halogens is 3. The van der Waals surface area contributed by atoms with Gasteiger partial charge in [-0.1, -0.05) is 32.0 Å². The molecular formula is C18H21F3N2O. The number of rotatable bonds is 3. The predicted octanol–water partition coefficient (Wildman–Crippen LogP) is 4.31. The van der Waals surface area contributed by atoms with E-state index in [0.29, 0.717) is 12.1 Å². The summed E-state index contributed by atoms with van der Waals surface area (Å²) in [6.45, 7) is 4.81. The molecule has 1 aliphatic rings. The Labute approximate surface area is 138 Å². The number of pyridine rings is 1. The smallest absolute Gasteiger partial charge is 0.303 e. The molecule has 0 atom stereocenters. The van der Waals surface area contributed by atoms with Crippen molar-refractivity contribution < 1.29 is 13.2 Å². The minimum Gasteiger partial charge on any atom is -0.303 e. The Bertz CT molecular complexity index is 806. The highest BCUT2D eigenvalue weighted by molar-refractivity contribution is 5.83. The zero-order valence-electron chi connectivity index (χ0n) is 13.9. The van der Waals surface area contributed by atoms with Crippen molar-refractivity contribution in [3.05, 3.63) is 46.2 Å². The van der Waals surface area contributed by atoms with Crippen LogP contribution in [0.4, 0.5) is 13.2 Å². The SMILES string of the molecule is CCC1(CC)CCCN1n1c(=O)cc(C(F)(F)F)c2ccccc21. The van der Waals surface area contributed by atoms with Gasteiger partial charge in [0.1, 0.15) is 0 Å². The van der Waals surface area contributed by atoms with Gasteiger partial charge in [-0.3, -0.25) is 4.79 Å². The molecule has 2 aromatic rings. The number of para-hydroxylation sites is 1. The van der Waals surface area contributed by atoms with Crippen LogP contribution in [-0.4, -0.2) is 16.8 Å².